The maximum Gasteiger partial charge on any atom is 0.270 e. The van der Waals surface area contributed by atoms with Crippen LogP contribution in [0.2, 0.25) is 0 Å². The average Bonchev–Trinajstić information content (AvgIpc) is 2.87. The van der Waals surface area contributed by atoms with Crippen LogP contribution in [0.15, 0.2) is 17.0 Å². The lowest BCUT2D eigenvalue weighted by Gasteiger charge is -2.19. The molecule has 0 bridgehead atoms. The van der Waals surface area contributed by atoms with Crippen LogP contribution in [0.1, 0.15) is 17.5 Å². The van der Waals surface area contributed by atoms with Crippen molar-refractivity contribution >= 4 is 28.1 Å². The molecule has 1 N–H and O–H groups in total. The first-order valence-electron chi connectivity index (χ1n) is 7.17. The van der Waals surface area contributed by atoms with E-state index in [4.69, 9.17) is 0 Å². The molecule has 0 saturated carbocycles. The molecule has 1 fully saturated rings. The Morgan fingerprint density at radius 3 is 2.39 bits per heavy atom. The van der Waals surface area contributed by atoms with Gasteiger partial charge in [-0.05, 0) is 50.9 Å². The highest BCUT2D eigenvalue weighted by Crippen LogP contribution is 2.30. The monoisotopic (exact) mass is 363 g/mol. The number of nitrogens with zero attached hydrogens (tertiary/aromatic N) is 2. The summed E-state index contributed by atoms with van der Waals surface area (Å²) in [5.41, 5.74) is 0.760. The molecule has 1 aromatic rings. The van der Waals surface area contributed by atoms with Gasteiger partial charge >= 0.3 is 0 Å². The van der Waals surface area contributed by atoms with E-state index in [1.54, 1.807) is 13.8 Å². The van der Waals surface area contributed by atoms with Crippen molar-refractivity contribution in [1.29, 1.82) is 0 Å². The number of benzene rings is 1. The summed E-state index contributed by atoms with van der Waals surface area (Å²) in [7, 11) is -1.76. The van der Waals surface area contributed by atoms with E-state index in [0.29, 0.717) is 30.1 Å². The lowest BCUT2D eigenvalue weighted by Crippen LogP contribution is -2.31. The fourth-order valence-corrected chi connectivity index (χ4v) is 4.98. The van der Waals surface area contributed by atoms with Crippen molar-refractivity contribution in [3.8, 4) is 0 Å². The molecule has 1 saturated heterocycles. The SMILES string of the molecule is CNCC1CCN(S(=O)(=O)c2c(C)cc([N+](=O)[O-])cc2C)C1.Cl. The lowest BCUT2D eigenvalue weighted by molar-refractivity contribution is -0.385. The van der Waals surface area contributed by atoms with Gasteiger partial charge in [-0.3, -0.25) is 10.1 Å². The Labute approximate surface area is 142 Å². The van der Waals surface area contributed by atoms with Gasteiger partial charge in [-0.25, -0.2) is 8.42 Å². The second-order valence-corrected chi connectivity index (χ2v) is 7.62. The number of non-ortho nitro benzene ring substituents is 1. The molecule has 1 aromatic carbocycles. The third-order valence-electron chi connectivity index (χ3n) is 4.00. The Morgan fingerprint density at radius 1 is 1.35 bits per heavy atom. The van der Waals surface area contributed by atoms with Crippen LogP contribution in [0.5, 0.6) is 0 Å². The van der Waals surface area contributed by atoms with E-state index >= 15 is 0 Å². The molecule has 0 amide bonds. The molecule has 7 nitrogen and oxygen atoms in total. The van der Waals surface area contributed by atoms with Crippen molar-refractivity contribution in [3.05, 3.63) is 33.4 Å². The summed E-state index contributed by atoms with van der Waals surface area (Å²) in [6, 6.07) is 2.64. The van der Waals surface area contributed by atoms with E-state index < -0.39 is 14.9 Å². The lowest BCUT2D eigenvalue weighted by atomic mass is 10.1. The Bertz CT molecular complexity index is 670. The van der Waals surface area contributed by atoms with Crippen LogP contribution in [0.25, 0.3) is 0 Å². The highest BCUT2D eigenvalue weighted by atomic mass is 35.5. The first-order valence-corrected chi connectivity index (χ1v) is 8.61. The second kappa shape index (κ2) is 7.57. The highest BCUT2D eigenvalue weighted by Gasteiger charge is 2.34. The first-order chi connectivity index (χ1) is 10.3. The molecule has 0 aromatic heterocycles. The Balaban J connectivity index is 0.00000264. The summed E-state index contributed by atoms with van der Waals surface area (Å²) in [5.74, 6) is 0.304. The normalized spacial score (nSPS) is 18.7. The summed E-state index contributed by atoms with van der Waals surface area (Å²) in [6.07, 6.45) is 0.825. The van der Waals surface area contributed by atoms with Crippen LogP contribution in [0, 0.1) is 29.9 Å². The van der Waals surface area contributed by atoms with Gasteiger partial charge in [0.15, 0.2) is 0 Å². The highest BCUT2D eigenvalue weighted by molar-refractivity contribution is 7.89. The predicted octanol–water partition coefficient (Wildman–Crippen LogP) is 1.86. The standard InChI is InChI=1S/C14H21N3O4S.ClH/c1-10-6-13(17(18)19)7-11(2)14(10)22(20,21)16-5-4-12(9-16)8-15-3;/h6-7,12,15H,4-5,8-9H2,1-3H3;1H. The molecule has 0 aliphatic carbocycles. The topological polar surface area (TPSA) is 92.6 Å². The molecule has 1 aliphatic heterocycles. The van der Waals surface area contributed by atoms with Gasteiger partial charge in [0.2, 0.25) is 10.0 Å². The Morgan fingerprint density at radius 2 is 1.91 bits per heavy atom. The van der Waals surface area contributed by atoms with Crippen LogP contribution in [-0.2, 0) is 10.0 Å². The number of aryl methyl sites for hydroxylation is 2. The molecule has 1 aliphatic rings. The van der Waals surface area contributed by atoms with E-state index in [9.17, 15) is 18.5 Å². The second-order valence-electron chi connectivity index (χ2n) is 5.74. The van der Waals surface area contributed by atoms with Gasteiger partial charge in [-0.2, -0.15) is 4.31 Å². The van der Waals surface area contributed by atoms with Crippen molar-refractivity contribution in [2.24, 2.45) is 5.92 Å². The van der Waals surface area contributed by atoms with Crippen LogP contribution in [-0.4, -0.2) is 44.3 Å². The number of sulfonamides is 1. The molecule has 9 heteroatoms. The number of hydrogen-bond acceptors (Lipinski definition) is 5. The quantitative estimate of drug-likeness (QED) is 0.636. The maximum absolute atomic E-state index is 12.8. The number of hydrogen-bond donors (Lipinski definition) is 1. The van der Waals surface area contributed by atoms with Crippen molar-refractivity contribution in [3.63, 3.8) is 0 Å². The van der Waals surface area contributed by atoms with Crippen LogP contribution < -0.4 is 5.32 Å². The molecule has 0 spiro atoms. The zero-order valence-corrected chi connectivity index (χ0v) is 15.0. The number of rotatable bonds is 5. The molecule has 1 heterocycles. The molecule has 2 rings (SSSR count). The summed E-state index contributed by atoms with van der Waals surface area (Å²) in [5, 5.41) is 13.9. The smallest absolute Gasteiger partial charge is 0.270 e. The largest absolute Gasteiger partial charge is 0.319 e. The van der Waals surface area contributed by atoms with Crippen LogP contribution in [0.3, 0.4) is 0 Å². The van der Waals surface area contributed by atoms with Gasteiger partial charge < -0.3 is 5.32 Å². The number of nitro benzene ring substituents is 1. The molecule has 23 heavy (non-hydrogen) atoms. The minimum absolute atomic E-state index is 0. The minimum Gasteiger partial charge on any atom is -0.319 e. The zero-order chi connectivity index (χ0) is 16.5. The van der Waals surface area contributed by atoms with Gasteiger partial charge in [-0.1, -0.05) is 0 Å². The van der Waals surface area contributed by atoms with Gasteiger partial charge in [0.25, 0.3) is 5.69 Å². The van der Waals surface area contributed by atoms with Gasteiger partial charge in [-0.15, -0.1) is 12.4 Å². The molecule has 1 unspecified atom stereocenters. The predicted molar refractivity (Wildman–Crippen MR) is 90.6 cm³/mol. The molecule has 1 atom stereocenters. The van der Waals surface area contributed by atoms with Gasteiger partial charge in [0.1, 0.15) is 0 Å². The Hall–Kier alpha value is -1.22. The van der Waals surface area contributed by atoms with E-state index in [1.165, 1.54) is 16.4 Å². The number of halogens is 1. The summed E-state index contributed by atoms with van der Waals surface area (Å²) in [4.78, 5) is 10.6. The van der Waals surface area contributed by atoms with Gasteiger partial charge in [0, 0.05) is 25.2 Å². The maximum atomic E-state index is 12.8. The average molecular weight is 364 g/mol. The fraction of sp³-hybridized carbons (Fsp3) is 0.571. The Kier molecular flexibility index (Phi) is 6.52. The fourth-order valence-electron chi connectivity index (χ4n) is 3.04. The zero-order valence-electron chi connectivity index (χ0n) is 13.4. The first kappa shape index (κ1) is 19.8. The van der Waals surface area contributed by atoms with Crippen LogP contribution in [0.4, 0.5) is 5.69 Å². The summed E-state index contributed by atoms with van der Waals surface area (Å²) < 4.78 is 27.2. The van der Waals surface area contributed by atoms with Crippen molar-refractivity contribution in [2.75, 3.05) is 26.7 Å². The van der Waals surface area contributed by atoms with Crippen molar-refractivity contribution in [2.45, 2.75) is 25.2 Å². The van der Waals surface area contributed by atoms with Gasteiger partial charge in [0.05, 0.1) is 9.82 Å². The van der Waals surface area contributed by atoms with E-state index in [1.807, 2.05) is 7.05 Å². The number of nitro groups is 1. The molecular formula is C14H22ClN3O4S. The van der Waals surface area contributed by atoms with E-state index in [-0.39, 0.29) is 23.0 Å². The van der Waals surface area contributed by atoms with Crippen LogP contribution >= 0.6 is 12.4 Å². The summed E-state index contributed by atoms with van der Waals surface area (Å²) >= 11 is 0. The molecular weight excluding hydrogens is 342 g/mol. The molecule has 130 valence electrons. The van der Waals surface area contributed by atoms with E-state index in [2.05, 4.69) is 5.32 Å². The van der Waals surface area contributed by atoms with Crippen molar-refractivity contribution in [1.82, 2.24) is 9.62 Å². The molecule has 0 radical (unpaired) electrons. The van der Waals surface area contributed by atoms with Crippen molar-refractivity contribution < 1.29 is 13.3 Å². The van der Waals surface area contributed by atoms with E-state index in [0.717, 1.165) is 13.0 Å². The third kappa shape index (κ3) is 4.00. The summed E-state index contributed by atoms with van der Waals surface area (Å²) in [6.45, 7) is 4.97. The third-order valence-corrected chi connectivity index (χ3v) is 6.17. The minimum atomic E-state index is -3.61. The number of nitrogens with one attached hydrogen (secondary N) is 1.